The van der Waals surface area contributed by atoms with Gasteiger partial charge in [0.1, 0.15) is 29.8 Å². The molecule has 4 rings (SSSR count). The maximum atomic E-state index is 13.8. The van der Waals surface area contributed by atoms with Crippen molar-refractivity contribution in [2.45, 2.75) is 44.2 Å². The molecule has 0 radical (unpaired) electrons. The Balaban J connectivity index is 1.77. The van der Waals surface area contributed by atoms with Gasteiger partial charge in [0.25, 0.3) is 6.02 Å². The number of unbranched alkanes of at least 4 members (excludes halogenated alkanes) is 1. The third kappa shape index (κ3) is 3.48. The molecule has 2 atom stereocenters. The van der Waals surface area contributed by atoms with Crippen LogP contribution in [0.1, 0.15) is 38.2 Å². The zero-order chi connectivity index (χ0) is 19.0. The monoisotopic (exact) mass is 388 g/mol. The number of halogens is 2. The molecule has 6 heteroatoms. The van der Waals surface area contributed by atoms with Crippen LogP contribution >= 0.6 is 11.6 Å². The Morgan fingerprint density at radius 2 is 2.11 bits per heavy atom. The lowest BCUT2D eigenvalue weighted by molar-refractivity contribution is 0.0988. The SMILES string of the molecule is CCCC[C@H]1CC2(COC(N)=N2)c2cc(-c3cc(F)cc(Cl)c3)ccc2O1. The van der Waals surface area contributed by atoms with Crippen LogP contribution in [0.2, 0.25) is 5.02 Å². The highest BCUT2D eigenvalue weighted by Gasteiger charge is 2.46. The van der Waals surface area contributed by atoms with E-state index in [0.29, 0.717) is 23.6 Å². The molecular formula is C21H22ClFN2O2. The van der Waals surface area contributed by atoms with Gasteiger partial charge in [-0.3, -0.25) is 0 Å². The smallest absolute Gasteiger partial charge is 0.283 e. The van der Waals surface area contributed by atoms with Crippen molar-refractivity contribution in [3.63, 3.8) is 0 Å². The van der Waals surface area contributed by atoms with E-state index in [4.69, 9.17) is 26.8 Å². The van der Waals surface area contributed by atoms with Crippen molar-refractivity contribution < 1.29 is 13.9 Å². The second kappa shape index (κ2) is 7.04. The average Bonchev–Trinajstić information content (AvgIpc) is 3.00. The summed E-state index contributed by atoms with van der Waals surface area (Å²) in [6.45, 7) is 2.56. The number of amidine groups is 1. The largest absolute Gasteiger partial charge is 0.490 e. The van der Waals surface area contributed by atoms with Gasteiger partial charge in [-0.05, 0) is 47.9 Å². The molecule has 27 heavy (non-hydrogen) atoms. The van der Waals surface area contributed by atoms with E-state index < -0.39 is 5.54 Å². The zero-order valence-corrected chi connectivity index (χ0v) is 15.9. The lowest BCUT2D eigenvalue weighted by Gasteiger charge is -2.37. The van der Waals surface area contributed by atoms with Crippen LogP contribution in [-0.4, -0.2) is 18.7 Å². The van der Waals surface area contributed by atoms with Gasteiger partial charge in [-0.15, -0.1) is 0 Å². The topological polar surface area (TPSA) is 56.8 Å². The van der Waals surface area contributed by atoms with Crippen LogP contribution in [0.5, 0.6) is 5.75 Å². The zero-order valence-electron chi connectivity index (χ0n) is 15.2. The molecule has 0 saturated carbocycles. The third-order valence-electron chi connectivity index (χ3n) is 5.20. The second-order valence-corrected chi connectivity index (χ2v) is 7.66. The fourth-order valence-corrected chi connectivity index (χ4v) is 4.13. The summed E-state index contributed by atoms with van der Waals surface area (Å²) in [5.74, 6) is 0.419. The fraction of sp³-hybridized carbons (Fsp3) is 0.381. The standard InChI is InChI=1S/C21H22ClFN2O2/c1-2-3-4-17-11-21(12-26-20(24)25-21)18-9-13(5-6-19(18)27-17)14-7-15(22)10-16(23)8-14/h5-10,17H,2-4,11-12H2,1H3,(H2,24,25)/t17-,21?/m0/s1. The molecule has 2 aliphatic heterocycles. The molecule has 2 N–H and O–H groups in total. The lowest BCUT2D eigenvalue weighted by atomic mass is 9.81. The summed E-state index contributed by atoms with van der Waals surface area (Å²) in [5, 5.41) is 0.361. The van der Waals surface area contributed by atoms with Crippen LogP contribution in [-0.2, 0) is 10.3 Å². The Morgan fingerprint density at radius 1 is 1.26 bits per heavy atom. The molecule has 2 aliphatic rings. The van der Waals surface area contributed by atoms with E-state index in [9.17, 15) is 4.39 Å². The van der Waals surface area contributed by atoms with Crippen molar-refractivity contribution in [2.24, 2.45) is 10.7 Å². The van der Waals surface area contributed by atoms with Crippen molar-refractivity contribution in [2.75, 3.05) is 6.61 Å². The van der Waals surface area contributed by atoms with Gasteiger partial charge in [-0.1, -0.05) is 37.4 Å². The normalized spacial score (nSPS) is 23.5. The van der Waals surface area contributed by atoms with Gasteiger partial charge >= 0.3 is 0 Å². The molecule has 0 saturated heterocycles. The molecular weight excluding hydrogens is 367 g/mol. The fourth-order valence-electron chi connectivity index (χ4n) is 3.91. The van der Waals surface area contributed by atoms with Crippen molar-refractivity contribution in [3.8, 4) is 16.9 Å². The second-order valence-electron chi connectivity index (χ2n) is 7.23. The Bertz CT molecular complexity index is 881. The van der Waals surface area contributed by atoms with Crippen LogP contribution < -0.4 is 10.5 Å². The van der Waals surface area contributed by atoms with E-state index in [0.717, 1.165) is 36.1 Å². The first-order chi connectivity index (χ1) is 13.0. The van der Waals surface area contributed by atoms with Gasteiger partial charge in [0.05, 0.1) is 0 Å². The number of hydrogen-bond donors (Lipinski definition) is 1. The average molecular weight is 389 g/mol. The third-order valence-corrected chi connectivity index (χ3v) is 5.42. The molecule has 4 nitrogen and oxygen atoms in total. The van der Waals surface area contributed by atoms with E-state index in [1.807, 2.05) is 18.2 Å². The number of hydrogen-bond acceptors (Lipinski definition) is 4. The summed E-state index contributed by atoms with van der Waals surface area (Å²) in [6.07, 6.45) is 3.96. The minimum atomic E-state index is -0.552. The predicted octanol–water partition coefficient (Wildman–Crippen LogP) is 5.03. The molecule has 0 amide bonds. The van der Waals surface area contributed by atoms with Crippen LogP contribution in [0.25, 0.3) is 11.1 Å². The molecule has 0 aromatic heterocycles. The number of fused-ring (bicyclic) bond motifs is 2. The first kappa shape index (κ1) is 18.1. The van der Waals surface area contributed by atoms with Gasteiger partial charge in [-0.25, -0.2) is 9.38 Å². The summed E-state index contributed by atoms with van der Waals surface area (Å²) in [7, 11) is 0. The van der Waals surface area contributed by atoms with Crippen molar-refractivity contribution in [1.82, 2.24) is 0 Å². The van der Waals surface area contributed by atoms with E-state index in [1.54, 1.807) is 6.07 Å². The van der Waals surface area contributed by atoms with E-state index in [-0.39, 0.29) is 17.9 Å². The number of aliphatic imine (C=N–C) groups is 1. The summed E-state index contributed by atoms with van der Waals surface area (Å²) in [5.41, 5.74) is 7.79. The van der Waals surface area contributed by atoms with Crippen LogP contribution in [0.4, 0.5) is 4.39 Å². The van der Waals surface area contributed by atoms with Crippen molar-refractivity contribution in [1.29, 1.82) is 0 Å². The van der Waals surface area contributed by atoms with Gasteiger partial charge in [-0.2, -0.15) is 0 Å². The quantitative estimate of drug-likeness (QED) is 0.799. The highest BCUT2D eigenvalue weighted by Crippen LogP contribution is 2.46. The number of benzene rings is 2. The number of rotatable bonds is 4. The summed E-state index contributed by atoms with van der Waals surface area (Å²) in [4.78, 5) is 4.64. The minimum absolute atomic E-state index is 0.0742. The Kier molecular flexibility index (Phi) is 4.72. The number of nitrogens with two attached hydrogens (primary N) is 1. The van der Waals surface area contributed by atoms with Gasteiger partial charge < -0.3 is 15.2 Å². The maximum Gasteiger partial charge on any atom is 0.283 e. The molecule has 1 unspecified atom stereocenters. The molecule has 1 spiro atoms. The Morgan fingerprint density at radius 3 is 2.81 bits per heavy atom. The van der Waals surface area contributed by atoms with Crippen LogP contribution in [0.3, 0.4) is 0 Å². The summed E-state index contributed by atoms with van der Waals surface area (Å²) >= 11 is 6.03. The van der Waals surface area contributed by atoms with Crippen LogP contribution in [0.15, 0.2) is 41.4 Å². The first-order valence-electron chi connectivity index (χ1n) is 9.25. The molecule has 0 fully saturated rings. The van der Waals surface area contributed by atoms with Crippen molar-refractivity contribution in [3.05, 3.63) is 52.8 Å². The molecule has 2 aromatic rings. The van der Waals surface area contributed by atoms with E-state index in [2.05, 4.69) is 11.9 Å². The molecule has 0 bridgehead atoms. The van der Waals surface area contributed by atoms with Gasteiger partial charge in [0, 0.05) is 17.0 Å². The molecule has 2 aromatic carbocycles. The van der Waals surface area contributed by atoms with E-state index >= 15 is 0 Å². The number of nitrogens with zero attached hydrogens (tertiary/aromatic N) is 1. The molecule has 2 heterocycles. The predicted molar refractivity (Wildman–Crippen MR) is 105 cm³/mol. The van der Waals surface area contributed by atoms with Gasteiger partial charge in [0.15, 0.2) is 0 Å². The highest BCUT2D eigenvalue weighted by atomic mass is 35.5. The maximum absolute atomic E-state index is 13.8. The number of ether oxygens (including phenoxy) is 2. The molecule has 142 valence electrons. The summed E-state index contributed by atoms with van der Waals surface area (Å²) in [6, 6.07) is 10.5. The van der Waals surface area contributed by atoms with E-state index in [1.165, 1.54) is 12.1 Å². The van der Waals surface area contributed by atoms with Gasteiger partial charge in [0.2, 0.25) is 0 Å². The minimum Gasteiger partial charge on any atom is -0.490 e. The Labute approximate surface area is 163 Å². The first-order valence-corrected chi connectivity index (χ1v) is 9.63. The molecule has 0 aliphatic carbocycles. The Hall–Kier alpha value is -2.27. The van der Waals surface area contributed by atoms with Crippen molar-refractivity contribution >= 4 is 17.6 Å². The highest BCUT2D eigenvalue weighted by molar-refractivity contribution is 6.30. The summed E-state index contributed by atoms with van der Waals surface area (Å²) < 4.78 is 25.6. The lowest BCUT2D eigenvalue weighted by Crippen LogP contribution is -2.38. The van der Waals surface area contributed by atoms with Crippen LogP contribution in [0, 0.1) is 5.82 Å².